The molecule has 0 atom stereocenters. The smallest absolute Gasteiger partial charge is 0.269 e. The van der Waals surface area contributed by atoms with E-state index in [-0.39, 0.29) is 11.6 Å². The third-order valence-electron chi connectivity index (χ3n) is 5.42. The van der Waals surface area contributed by atoms with Crippen LogP contribution in [-0.2, 0) is 11.2 Å². The maximum atomic E-state index is 13.4. The minimum Gasteiger partial charge on any atom is -0.379 e. The van der Waals surface area contributed by atoms with Crippen LogP contribution in [-0.4, -0.2) is 60.1 Å². The first-order chi connectivity index (χ1) is 15.1. The van der Waals surface area contributed by atoms with Crippen LogP contribution in [0.4, 0.5) is 10.8 Å². The van der Waals surface area contributed by atoms with Gasteiger partial charge in [-0.2, -0.15) is 0 Å². The predicted molar refractivity (Wildman–Crippen MR) is 121 cm³/mol. The first kappa shape index (κ1) is 21.4. The number of nitro benzene ring substituents is 1. The van der Waals surface area contributed by atoms with E-state index in [9.17, 15) is 14.9 Å². The van der Waals surface area contributed by atoms with Gasteiger partial charge >= 0.3 is 0 Å². The van der Waals surface area contributed by atoms with Crippen molar-refractivity contribution in [3.8, 4) is 0 Å². The number of anilines is 1. The van der Waals surface area contributed by atoms with Crippen LogP contribution >= 0.6 is 11.3 Å². The third-order valence-corrected chi connectivity index (χ3v) is 6.46. The molecule has 31 heavy (non-hydrogen) atoms. The van der Waals surface area contributed by atoms with Gasteiger partial charge in [0.15, 0.2) is 5.13 Å². The number of amides is 1. The number of hydrogen-bond donors (Lipinski definition) is 0. The summed E-state index contributed by atoms with van der Waals surface area (Å²) in [6, 6.07) is 11.8. The van der Waals surface area contributed by atoms with Crippen LogP contribution in [0.3, 0.4) is 0 Å². The Balaban J connectivity index is 1.65. The number of fused-ring (bicyclic) bond motifs is 1. The van der Waals surface area contributed by atoms with Gasteiger partial charge in [0.1, 0.15) is 0 Å². The summed E-state index contributed by atoms with van der Waals surface area (Å²) < 4.78 is 6.46. The maximum Gasteiger partial charge on any atom is 0.269 e. The van der Waals surface area contributed by atoms with E-state index in [4.69, 9.17) is 9.72 Å². The molecule has 0 bridgehead atoms. The number of aromatic nitrogens is 1. The fraction of sp³-hybridized carbons (Fsp3) is 0.364. The molecule has 1 saturated heterocycles. The first-order valence-electron chi connectivity index (χ1n) is 10.3. The summed E-state index contributed by atoms with van der Waals surface area (Å²) in [5, 5.41) is 11.6. The number of rotatable bonds is 7. The lowest BCUT2D eigenvalue weighted by molar-refractivity contribution is -0.384. The fourth-order valence-corrected chi connectivity index (χ4v) is 4.66. The van der Waals surface area contributed by atoms with E-state index in [1.807, 2.05) is 12.1 Å². The average Bonchev–Trinajstić information content (AvgIpc) is 3.24. The molecule has 1 aliphatic heterocycles. The highest BCUT2D eigenvalue weighted by molar-refractivity contribution is 7.22. The molecule has 0 saturated carbocycles. The second kappa shape index (κ2) is 9.51. The largest absolute Gasteiger partial charge is 0.379 e. The summed E-state index contributed by atoms with van der Waals surface area (Å²) in [5.74, 6) is -0.208. The Labute approximate surface area is 184 Å². The van der Waals surface area contributed by atoms with Crippen molar-refractivity contribution in [1.82, 2.24) is 9.88 Å². The van der Waals surface area contributed by atoms with E-state index in [2.05, 4.69) is 17.9 Å². The molecular weight excluding hydrogens is 416 g/mol. The van der Waals surface area contributed by atoms with Crippen molar-refractivity contribution in [2.75, 3.05) is 44.3 Å². The molecule has 1 fully saturated rings. The quantitative estimate of drug-likeness (QED) is 0.411. The Hall–Kier alpha value is -2.88. The molecule has 1 aromatic heterocycles. The monoisotopic (exact) mass is 440 g/mol. The lowest BCUT2D eigenvalue weighted by atomic mass is 10.1. The standard InChI is InChI=1S/C22H24N4O4S/c1-2-16-4-3-5-19-20(16)23-22(31-19)25(11-10-24-12-14-30-15-13-24)21(27)17-6-8-18(9-7-17)26(28)29/h3-9H,2,10-15H2,1H3. The van der Waals surface area contributed by atoms with Crippen LogP contribution in [0.2, 0.25) is 0 Å². The number of aryl methyl sites for hydroxylation is 1. The molecule has 9 heteroatoms. The number of thiazole rings is 1. The number of hydrogen-bond acceptors (Lipinski definition) is 7. The number of morpholine rings is 1. The number of ether oxygens (including phenoxy) is 1. The Bertz CT molecular complexity index is 1080. The lowest BCUT2D eigenvalue weighted by Crippen LogP contribution is -2.43. The summed E-state index contributed by atoms with van der Waals surface area (Å²) in [7, 11) is 0. The molecule has 0 aliphatic carbocycles. The Morgan fingerprint density at radius 3 is 2.65 bits per heavy atom. The van der Waals surface area contributed by atoms with E-state index < -0.39 is 4.92 Å². The maximum absolute atomic E-state index is 13.4. The van der Waals surface area contributed by atoms with Crippen molar-refractivity contribution in [1.29, 1.82) is 0 Å². The van der Waals surface area contributed by atoms with Gasteiger partial charge in [0, 0.05) is 43.9 Å². The minimum atomic E-state index is -0.468. The molecule has 2 aromatic carbocycles. The van der Waals surface area contributed by atoms with Gasteiger partial charge in [-0.1, -0.05) is 30.4 Å². The SMILES string of the molecule is CCc1cccc2sc(N(CCN3CCOCC3)C(=O)c3ccc([N+](=O)[O-])cc3)nc12. The zero-order valence-electron chi connectivity index (χ0n) is 17.3. The van der Waals surface area contributed by atoms with Crippen LogP contribution in [0.5, 0.6) is 0 Å². The molecule has 0 N–H and O–H groups in total. The van der Waals surface area contributed by atoms with E-state index >= 15 is 0 Å². The molecule has 8 nitrogen and oxygen atoms in total. The van der Waals surface area contributed by atoms with Crippen molar-refractivity contribution in [2.24, 2.45) is 0 Å². The summed E-state index contributed by atoms with van der Waals surface area (Å²) in [6.45, 7) is 6.33. The third kappa shape index (κ3) is 4.73. The summed E-state index contributed by atoms with van der Waals surface area (Å²) in [4.78, 5) is 32.7. The highest BCUT2D eigenvalue weighted by Gasteiger charge is 2.24. The number of para-hydroxylation sites is 1. The molecule has 1 aliphatic rings. The summed E-state index contributed by atoms with van der Waals surface area (Å²) in [6.07, 6.45) is 0.866. The van der Waals surface area contributed by atoms with Crippen LogP contribution in [0.25, 0.3) is 10.2 Å². The van der Waals surface area contributed by atoms with Gasteiger partial charge in [0.25, 0.3) is 11.6 Å². The van der Waals surface area contributed by atoms with Gasteiger partial charge in [0.05, 0.1) is 28.4 Å². The Morgan fingerprint density at radius 2 is 1.97 bits per heavy atom. The Kier molecular flexibility index (Phi) is 6.55. The molecule has 2 heterocycles. The minimum absolute atomic E-state index is 0.0380. The van der Waals surface area contributed by atoms with Gasteiger partial charge in [0.2, 0.25) is 0 Å². The molecule has 0 unspecified atom stereocenters. The molecule has 4 rings (SSSR count). The zero-order chi connectivity index (χ0) is 21.8. The number of nitrogens with zero attached hydrogens (tertiary/aromatic N) is 4. The second-order valence-corrected chi connectivity index (χ2v) is 8.34. The number of carbonyl (C=O) groups is 1. The van der Waals surface area contributed by atoms with Crippen molar-refractivity contribution in [3.05, 3.63) is 63.7 Å². The lowest BCUT2D eigenvalue weighted by Gasteiger charge is -2.29. The van der Waals surface area contributed by atoms with Crippen LogP contribution in [0, 0.1) is 10.1 Å². The predicted octanol–water partition coefficient (Wildman–Crippen LogP) is 3.75. The Morgan fingerprint density at radius 1 is 1.23 bits per heavy atom. The van der Waals surface area contributed by atoms with Crippen molar-refractivity contribution < 1.29 is 14.5 Å². The highest BCUT2D eigenvalue weighted by Crippen LogP contribution is 2.32. The van der Waals surface area contributed by atoms with Crippen molar-refractivity contribution in [3.63, 3.8) is 0 Å². The van der Waals surface area contributed by atoms with Crippen LogP contribution in [0.1, 0.15) is 22.8 Å². The summed E-state index contributed by atoms with van der Waals surface area (Å²) in [5.41, 5.74) is 2.44. The molecule has 0 spiro atoms. The van der Waals surface area contributed by atoms with Crippen molar-refractivity contribution >= 4 is 38.3 Å². The van der Waals surface area contributed by atoms with Gasteiger partial charge in [-0.05, 0) is 30.2 Å². The van der Waals surface area contributed by atoms with Gasteiger partial charge in [-0.15, -0.1) is 0 Å². The normalized spacial score (nSPS) is 14.6. The molecular formula is C22H24N4O4S. The zero-order valence-corrected chi connectivity index (χ0v) is 18.1. The number of non-ortho nitro benzene ring substituents is 1. The van der Waals surface area contributed by atoms with Gasteiger partial charge < -0.3 is 4.74 Å². The van der Waals surface area contributed by atoms with Crippen LogP contribution < -0.4 is 4.90 Å². The molecule has 0 radical (unpaired) electrons. The van der Waals surface area contributed by atoms with Crippen LogP contribution in [0.15, 0.2) is 42.5 Å². The molecule has 162 valence electrons. The molecule has 1 amide bonds. The van der Waals surface area contributed by atoms with Gasteiger partial charge in [-0.3, -0.25) is 24.7 Å². The van der Waals surface area contributed by atoms with E-state index in [0.29, 0.717) is 37.0 Å². The van der Waals surface area contributed by atoms with E-state index in [1.54, 1.807) is 4.90 Å². The topological polar surface area (TPSA) is 88.8 Å². The number of benzene rings is 2. The number of carbonyl (C=O) groups excluding carboxylic acids is 1. The molecule has 3 aromatic rings. The van der Waals surface area contributed by atoms with E-state index in [0.717, 1.165) is 35.3 Å². The fourth-order valence-electron chi connectivity index (χ4n) is 3.63. The highest BCUT2D eigenvalue weighted by atomic mass is 32.1. The van der Waals surface area contributed by atoms with Crippen molar-refractivity contribution in [2.45, 2.75) is 13.3 Å². The first-order valence-corrected chi connectivity index (χ1v) is 11.1. The average molecular weight is 441 g/mol. The van der Waals surface area contributed by atoms with E-state index in [1.165, 1.54) is 35.6 Å². The second-order valence-electron chi connectivity index (χ2n) is 7.33. The number of nitro groups is 1. The summed E-state index contributed by atoms with van der Waals surface area (Å²) >= 11 is 1.50. The van der Waals surface area contributed by atoms with Gasteiger partial charge in [-0.25, -0.2) is 4.98 Å².